The molecule has 3 amide bonds. The molecule has 4 atom stereocenters. The van der Waals surface area contributed by atoms with Crippen LogP contribution in [0.1, 0.15) is 52.0 Å². The molecule has 29 heavy (non-hydrogen) atoms. The minimum absolute atomic E-state index is 0.0322. The summed E-state index contributed by atoms with van der Waals surface area (Å²) in [5, 5.41) is 13.2. The summed E-state index contributed by atoms with van der Waals surface area (Å²) in [6.45, 7) is 8.33. The van der Waals surface area contributed by atoms with Gasteiger partial charge in [-0.15, -0.1) is 0 Å². The molecule has 0 spiro atoms. The molecule has 0 aromatic carbocycles. The number of aromatic nitrogens is 2. The van der Waals surface area contributed by atoms with E-state index in [9.17, 15) is 14.4 Å². The second-order valence-electron chi connectivity index (χ2n) is 7.86. The van der Waals surface area contributed by atoms with Crippen molar-refractivity contribution >= 4 is 23.5 Å². The van der Waals surface area contributed by atoms with Crippen molar-refractivity contribution in [2.45, 2.75) is 71.5 Å². The van der Waals surface area contributed by atoms with E-state index in [4.69, 9.17) is 4.74 Å². The maximum atomic E-state index is 12.6. The van der Waals surface area contributed by atoms with Crippen LogP contribution in [0.4, 0.5) is 5.82 Å². The number of ether oxygens (including phenoxy) is 1. The van der Waals surface area contributed by atoms with Gasteiger partial charge in [-0.2, -0.15) is 5.10 Å². The molecule has 0 aliphatic carbocycles. The summed E-state index contributed by atoms with van der Waals surface area (Å²) in [5.74, 6) is -1.07. The average Bonchev–Trinajstić information content (AvgIpc) is 3.00. The molecule has 0 bridgehead atoms. The second kappa shape index (κ2) is 8.91. The Labute approximate surface area is 170 Å². The molecule has 0 saturated carbocycles. The molecule has 10 nitrogen and oxygen atoms in total. The van der Waals surface area contributed by atoms with E-state index in [1.165, 1.54) is 9.58 Å². The lowest BCUT2D eigenvalue weighted by molar-refractivity contribution is -0.151. The molecule has 160 valence electrons. The number of hydrogen-bond donors (Lipinski definition) is 3. The number of hydrogen-bond acceptors (Lipinski definition) is 6. The van der Waals surface area contributed by atoms with Gasteiger partial charge in [0, 0.05) is 31.6 Å². The quantitative estimate of drug-likeness (QED) is 0.627. The first kappa shape index (κ1) is 21.3. The first-order valence-electron chi connectivity index (χ1n) is 10.1. The molecule has 1 aromatic heterocycles. The molecular formula is C19H30N6O4. The lowest BCUT2D eigenvalue weighted by atomic mass is 10.1. The van der Waals surface area contributed by atoms with Crippen LogP contribution in [0.3, 0.4) is 0 Å². The monoisotopic (exact) mass is 406 g/mol. The molecule has 1 aromatic rings. The Balaban J connectivity index is 1.72. The number of carbonyl (C=O) groups is 3. The minimum atomic E-state index is -0.736. The standard InChI is InChI=1S/C19H30N6O4/c1-5-6-14-8-16(26)22-19(20-14)25-15(7-11(2)23-25)21-17(27)18(28)24-9-12(3)29-13(4)10-24/h7,12-14,19-20H,5-6,8-10H2,1-4H3,(H,21,27)(H,22,26). The van der Waals surface area contributed by atoms with Crippen LogP contribution in [0.15, 0.2) is 6.07 Å². The third-order valence-corrected chi connectivity index (χ3v) is 5.01. The third kappa shape index (κ3) is 5.13. The molecule has 2 aliphatic rings. The van der Waals surface area contributed by atoms with Crippen LogP contribution in [0, 0.1) is 6.92 Å². The molecule has 3 N–H and O–H groups in total. The van der Waals surface area contributed by atoms with Crippen LogP contribution in [0.5, 0.6) is 0 Å². The van der Waals surface area contributed by atoms with Gasteiger partial charge in [-0.3, -0.25) is 19.7 Å². The summed E-state index contributed by atoms with van der Waals surface area (Å²) in [5.41, 5.74) is 0.662. The molecule has 2 aliphatic heterocycles. The van der Waals surface area contributed by atoms with E-state index in [0.717, 1.165) is 12.8 Å². The van der Waals surface area contributed by atoms with Gasteiger partial charge in [0.2, 0.25) is 5.91 Å². The van der Waals surface area contributed by atoms with Gasteiger partial charge in [0.05, 0.1) is 17.9 Å². The smallest absolute Gasteiger partial charge is 0.315 e. The highest BCUT2D eigenvalue weighted by Gasteiger charge is 2.32. The van der Waals surface area contributed by atoms with Gasteiger partial charge in [-0.1, -0.05) is 13.3 Å². The van der Waals surface area contributed by atoms with E-state index in [1.54, 1.807) is 13.0 Å². The van der Waals surface area contributed by atoms with Crippen molar-refractivity contribution in [3.63, 3.8) is 0 Å². The maximum Gasteiger partial charge on any atom is 0.315 e. The number of rotatable bonds is 4. The molecule has 0 radical (unpaired) electrons. The van der Waals surface area contributed by atoms with Crippen molar-refractivity contribution in [3.05, 3.63) is 11.8 Å². The van der Waals surface area contributed by atoms with Crippen molar-refractivity contribution in [1.29, 1.82) is 0 Å². The zero-order valence-corrected chi connectivity index (χ0v) is 17.4. The van der Waals surface area contributed by atoms with E-state index < -0.39 is 18.1 Å². The molecule has 4 unspecified atom stereocenters. The Hall–Kier alpha value is -2.46. The first-order valence-corrected chi connectivity index (χ1v) is 10.1. The van der Waals surface area contributed by atoms with Gasteiger partial charge in [0.15, 0.2) is 6.29 Å². The zero-order chi connectivity index (χ0) is 21.1. The Morgan fingerprint density at radius 2 is 2.00 bits per heavy atom. The Bertz CT molecular complexity index is 769. The van der Waals surface area contributed by atoms with Crippen LogP contribution in [0.25, 0.3) is 0 Å². The predicted octanol–water partition coefficient (Wildman–Crippen LogP) is 0.500. The number of morpholine rings is 1. The zero-order valence-electron chi connectivity index (χ0n) is 17.4. The molecular weight excluding hydrogens is 376 g/mol. The van der Waals surface area contributed by atoms with Gasteiger partial charge in [0.1, 0.15) is 5.82 Å². The largest absolute Gasteiger partial charge is 0.372 e. The van der Waals surface area contributed by atoms with Crippen molar-refractivity contribution in [1.82, 2.24) is 25.3 Å². The van der Waals surface area contributed by atoms with Crippen LogP contribution in [0.2, 0.25) is 0 Å². The summed E-state index contributed by atoms with van der Waals surface area (Å²) < 4.78 is 7.12. The summed E-state index contributed by atoms with van der Waals surface area (Å²) >= 11 is 0. The molecule has 3 heterocycles. The van der Waals surface area contributed by atoms with Crippen LogP contribution < -0.4 is 16.0 Å². The van der Waals surface area contributed by atoms with Gasteiger partial charge in [0.25, 0.3) is 0 Å². The fraction of sp³-hybridized carbons (Fsp3) is 0.684. The van der Waals surface area contributed by atoms with Crippen LogP contribution >= 0.6 is 0 Å². The SMILES string of the molecule is CCCC1CC(=O)NC(n2nc(C)cc2NC(=O)C(=O)N2CC(C)OC(C)C2)N1. The highest BCUT2D eigenvalue weighted by Crippen LogP contribution is 2.19. The van der Waals surface area contributed by atoms with Crippen molar-refractivity contribution in [3.8, 4) is 0 Å². The number of amides is 3. The van der Waals surface area contributed by atoms with Gasteiger partial charge >= 0.3 is 11.8 Å². The highest BCUT2D eigenvalue weighted by atomic mass is 16.5. The van der Waals surface area contributed by atoms with Gasteiger partial charge < -0.3 is 20.3 Å². The number of nitrogens with one attached hydrogen (secondary N) is 3. The lowest BCUT2D eigenvalue weighted by Gasteiger charge is -2.35. The minimum Gasteiger partial charge on any atom is -0.372 e. The highest BCUT2D eigenvalue weighted by molar-refractivity contribution is 6.39. The van der Waals surface area contributed by atoms with E-state index in [1.807, 2.05) is 13.8 Å². The fourth-order valence-electron chi connectivity index (χ4n) is 3.89. The summed E-state index contributed by atoms with van der Waals surface area (Å²) in [6, 6.07) is 1.71. The second-order valence-corrected chi connectivity index (χ2v) is 7.86. The third-order valence-electron chi connectivity index (χ3n) is 5.01. The Morgan fingerprint density at radius 3 is 2.66 bits per heavy atom. The summed E-state index contributed by atoms with van der Waals surface area (Å²) in [4.78, 5) is 38.8. The van der Waals surface area contributed by atoms with Crippen molar-refractivity contribution in [2.24, 2.45) is 0 Å². The Kier molecular flexibility index (Phi) is 6.53. The summed E-state index contributed by atoms with van der Waals surface area (Å²) in [7, 11) is 0. The number of nitrogens with zero attached hydrogens (tertiary/aromatic N) is 3. The van der Waals surface area contributed by atoms with E-state index in [2.05, 4.69) is 28.0 Å². The van der Waals surface area contributed by atoms with Crippen LogP contribution in [-0.4, -0.2) is 63.7 Å². The molecule has 10 heteroatoms. The van der Waals surface area contributed by atoms with Crippen molar-refractivity contribution in [2.75, 3.05) is 18.4 Å². The van der Waals surface area contributed by atoms with Crippen molar-refractivity contribution < 1.29 is 19.1 Å². The van der Waals surface area contributed by atoms with E-state index in [-0.39, 0.29) is 24.2 Å². The van der Waals surface area contributed by atoms with E-state index >= 15 is 0 Å². The predicted molar refractivity (Wildman–Crippen MR) is 106 cm³/mol. The van der Waals surface area contributed by atoms with Gasteiger partial charge in [-0.05, 0) is 27.2 Å². The van der Waals surface area contributed by atoms with E-state index in [0.29, 0.717) is 31.0 Å². The number of carbonyl (C=O) groups excluding carboxylic acids is 3. The maximum absolute atomic E-state index is 12.6. The lowest BCUT2D eigenvalue weighted by Crippen LogP contribution is -2.54. The average molecular weight is 406 g/mol. The molecule has 2 fully saturated rings. The number of anilines is 1. The normalized spacial score (nSPS) is 27.4. The molecule has 2 saturated heterocycles. The fourth-order valence-corrected chi connectivity index (χ4v) is 3.89. The first-order chi connectivity index (χ1) is 13.8. The topological polar surface area (TPSA) is 118 Å². The van der Waals surface area contributed by atoms with Gasteiger partial charge in [-0.25, -0.2) is 4.68 Å². The van der Waals surface area contributed by atoms with Crippen LogP contribution in [-0.2, 0) is 19.1 Å². The summed E-state index contributed by atoms with van der Waals surface area (Å²) in [6.07, 6.45) is 1.37. The number of aryl methyl sites for hydroxylation is 1. The molecule has 3 rings (SSSR count). The Morgan fingerprint density at radius 1 is 1.31 bits per heavy atom.